The zero-order valence-electron chi connectivity index (χ0n) is 12.1. The van der Waals surface area contributed by atoms with E-state index in [1.54, 1.807) is 0 Å². The molecule has 2 aromatic rings. The Labute approximate surface area is 127 Å². The summed E-state index contributed by atoms with van der Waals surface area (Å²) in [6.07, 6.45) is 0. The molecule has 7 heteroatoms. The van der Waals surface area contributed by atoms with Gasteiger partial charge in [-0.05, 0) is 12.1 Å². The maximum absolute atomic E-state index is 11.2. The second kappa shape index (κ2) is 6.67. The fraction of sp³-hybridized carbons (Fsp3) is 0.400. The van der Waals surface area contributed by atoms with Gasteiger partial charge >= 0.3 is 5.97 Å². The molecule has 1 atom stereocenters. The van der Waals surface area contributed by atoms with Crippen LogP contribution in [0.4, 0.5) is 0 Å². The Hall–Kier alpha value is -2.25. The van der Waals surface area contributed by atoms with Crippen molar-refractivity contribution in [1.82, 2.24) is 20.4 Å². The minimum atomic E-state index is -0.780. The summed E-state index contributed by atoms with van der Waals surface area (Å²) >= 11 is 0. The number of hydrogen-bond acceptors (Lipinski definition) is 6. The Bertz CT molecular complexity index is 629. The van der Waals surface area contributed by atoms with Gasteiger partial charge in [0.1, 0.15) is 0 Å². The van der Waals surface area contributed by atoms with Crippen LogP contribution < -0.4 is 5.32 Å². The molecule has 0 saturated carbocycles. The standard InChI is InChI=1S/C15H18N4O3/c20-15(21)12-8-16-6-7-19(9-12)10-13-17-14(22-18-13)11-4-2-1-3-5-11/h1-5,12,16H,6-10H2,(H,20,21)/t12-/m1/s1. The number of benzene rings is 1. The maximum atomic E-state index is 11.2. The molecule has 2 N–H and O–H groups in total. The first-order valence-corrected chi connectivity index (χ1v) is 7.26. The predicted octanol–water partition coefficient (Wildman–Crippen LogP) is 0.843. The van der Waals surface area contributed by atoms with E-state index < -0.39 is 11.9 Å². The molecular formula is C15H18N4O3. The third kappa shape index (κ3) is 3.49. The first-order chi connectivity index (χ1) is 10.7. The molecule has 0 radical (unpaired) electrons. The van der Waals surface area contributed by atoms with Gasteiger partial charge in [0.05, 0.1) is 12.5 Å². The van der Waals surface area contributed by atoms with E-state index >= 15 is 0 Å². The van der Waals surface area contributed by atoms with Gasteiger partial charge in [0.2, 0.25) is 0 Å². The van der Waals surface area contributed by atoms with Crippen LogP contribution in [0.15, 0.2) is 34.9 Å². The fourth-order valence-electron chi connectivity index (χ4n) is 2.51. The van der Waals surface area contributed by atoms with Crippen LogP contribution in [0.1, 0.15) is 5.82 Å². The Morgan fingerprint density at radius 3 is 3.00 bits per heavy atom. The molecule has 0 spiro atoms. The fourth-order valence-corrected chi connectivity index (χ4v) is 2.51. The van der Waals surface area contributed by atoms with Crippen LogP contribution in [0.25, 0.3) is 11.5 Å². The molecule has 1 aliphatic heterocycles. The van der Waals surface area contributed by atoms with Gasteiger partial charge in [-0.3, -0.25) is 9.69 Å². The molecule has 1 aromatic carbocycles. The summed E-state index contributed by atoms with van der Waals surface area (Å²) < 4.78 is 5.28. The molecule has 0 aliphatic carbocycles. The molecule has 22 heavy (non-hydrogen) atoms. The van der Waals surface area contributed by atoms with E-state index in [0.29, 0.717) is 31.3 Å². The summed E-state index contributed by atoms with van der Waals surface area (Å²) in [7, 11) is 0. The Morgan fingerprint density at radius 2 is 2.23 bits per heavy atom. The van der Waals surface area contributed by atoms with Gasteiger partial charge in [0.25, 0.3) is 5.89 Å². The SMILES string of the molecule is O=C(O)[C@@H]1CNCCN(Cc2noc(-c3ccccc3)n2)C1. The van der Waals surface area contributed by atoms with E-state index in [2.05, 4.69) is 15.5 Å². The number of aliphatic carboxylic acids is 1. The number of carboxylic acids is 1. The number of carbonyl (C=O) groups is 1. The smallest absolute Gasteiger partial charge is 0.309 e. The molecule has 0 bridgehead atoms. The summed E-state index contributed by atoms with van der Waals surface area (Å²) in [5.41, 5.74) is 0.877. The third-order valence-electron chi connectivity index (χ3n) is 3.68. The molecule has 0 amide bonds. The normalized spacial score (nSPS) is 19.7. The third-order valence-corrected chi connectivity index (χ3v) is 3.68. The first kappa shape index (κ1) is 14.7. The topological polar surface area (TPSA) is 91.5 Å². The monoisotopic (exact) mass is 302 g/mol. The summed E-state index contributed by atoms with van der Waals surface area (Å²) in [6.45, 7) is 2.98. The number of nitrogens with one attached hydrogen (secondary N) is 1. The Balaban J connectivity index is 1.68. The zero-order chi connectivity index (χ0) is 15.4. The van der Waals surface area contributed by atoms with Crippen molar-refractivity contribution in [3.8, 4) is 11.5 Å². The lowest BCUT2D eigenvalue weighted by Crippen LogP contribution is -2.33. The minimum Gasteiger partial charge on any atom is -0.481 e. The van der Waals surface area contributed by atoms with E-state index in [0.717, 1.165) is 18.7 Å². The molecule has 1 fully saturated rings. The molecule has 1 aliphatic rings. The first-order valence-electron chi connectivity index (χ1n) is 7.26. The molecule has 2 heterocycles. The average molecular weight is 302 g/mol. The van der Waals surface area contributed by atoms with Crippen LogP contribution in [-0.2, 0) is 11.3 Å². The highest BCUT2D eigenvalue weighted by atomic mass is 16.5. The number of aromatic nitrogens is 2. The lowest BCUT2D eigenvalue weighted by Gasteiger charge is -2.19. The summed E-state index contributed by atoms with van der Waals surface area (Å²) in [6, 6.07) is 9.58. The second-order valence-corrected chi connectivity index (χ2v) is 5.36. The van der Waals surface area contributed by atoms with Gasteiger partial charge in [-0.2, -0.15) is 4.98 Å². The maximum Gasteiger partial charge on any atom is 0.309 e. The largest absolute Gasteiger partial charge is 0.481 e. The van der Waals surface area contributed by atoms with Crippen LogP contribution in [0, 0.1) is 5.92 Å². The highest BCUT2D eigenvalue weighted by Gasteiger charge is 2.24. The highest BCUT2D eigenvalue weighted by molar-refractivity contribution is 5.70. The van der Waals surface area contributed by atoms with Gasteiger partial charge in [-0.1, -0.05) is 23.4 Å². The van der Waals surface area contributed by atoms with Crippen molar-refractivity contribution >= 4 is 5.97 Å². The van der Waals surface area contributed by atoms with E-state index in [9.17, 15) is 9.90 Å². The zero-order valence-corrected chi connectivity index (χ0v) is 12.1. The van der Waals surface area contributed by atoms with Crippen molar-refractivity contribution < 1.29 is 14.4 Å². The van der Waals surface area contributed by atoms with E-state index in [-0.39, 0.29) is 0 Å². The summed E-state index contributed by atoms with van der Waals surface area (Å²) in [5.74, 6) is -0.135. The Kier molecular flexibility index (Phi) is 4.45. The molecule has 7 nitrogen and oxygen atoms in total. The van der Waals surface area contributed by atoms with Gasteiger partial charge in [-0.15, -0.1) is 0 Å². The number of hydrogen-bond donors (Lipinski definition) is 2. The molecule has 1 saturated heterocycles. The molecule has 116 valence electrons. The van der Waals surface area contributed by atoms with E-state index in [1.165, 1.54) is 0 Å². The van der Waals surface area contributed by atoms with Crippen LogP contribution in [0.2, 0.25) is 0 Å². The van der Waals surface area contributed by atoms with Crippen molar-refractivity contribution in [2.75, 3.05) is 26.2 Å². The number of nitrogens with zero attached hydrogens (tertiary/aromatic N) is 3. The van der Waals surface area contributed by atoms with Crippen molar-refractivity contribution in [1.29, 1.82) is 0 Å². The van der Waals surface area contributed by atoms with Crippen LogP contribution in [-0.4, -0.2) is 52.3 Å². The van der Waals surface area contributed by atoms with Crippen molar-refractivity contribution in [3.63, 3.8) is 0 Å². The van der Waals surface area contributed by atoms with Crippen molar-refractivity contribution in [2.24, 2.45) is 5.92 Å². The number of carboxylic acid groups (broad SMARTS) is 1. The van der Waals surface area contributed by atoms with Crippen LogP contribution in [0.5, 0.6) is 0 Å². The molecule has 1 aromatic heterocycles. The highest BCUT2D eigenvalue weighted by Crippen LogP contribution is 2.17. The molecule has 3 rings (SSSR count). The van der Waals surface area contributed by atoms with Crippen molar-refractivity contribution in [2.45, 2.75) is 6.54 Å². The van der Waals surface area contributed by atoms with Gasteiger partial charge in [0, 0.05) is 31.7 Å². The lowest BCUT2D eigenvalue weighted by atomic mass is 10.1. The van der Waals surface area contributed by atoms with E-state index in [1.807, 2.05) is 35.2 Å². The average Bonchev–Trinajstić information content (AvgIpc) is 2.86. The quantitative estimate of drug-likeness (QED) is 0.864. The van der Waals surface area contributed by atoms with Crippen molar-refractivity contribution in [3.05, 3.63) is 36.2 Å². The lowest BCUT2D eigenvalue weighted by molar-refractivity contribution is -0.142. The predicted molar refractivity (Wildman–Crippen MR) is 79.0 cm³/mol. The second-order valence-electron chi connectivity index (χ2n) is 5.36. The van der Waals surface area contributed by atoms with Gasteiger partial charge in [-0.25, -0.2) is 0 Å². The minimum absolute atomic E-state index is 0.414. The molecular weight excluding hydrogens is 284 g/mol. The van der Waals surface area contributed by atoms with Crippen LogP contribution >= 0.6 is 0 Å². The summed E-state index contributed by atoms with van der Waals surface area (Å²) in [5, 5.41) is 16.3. The van der Waals surface area contributed by atoms with Gasteiger partial charge in [0.15, 0.2) is 5.82 Å². The molecule has 0 unspecified atom stereocenters. The Morgan fingerprint density at radius 1 is 1.41 bits per heavy atom. The summed E-state index contributed by atoms with van der Waals surface area (Å²) in [4.78, 5) is 17.6. The van der Waals surface area contributed by atoms with E-state index in [4.69, 9.17) is 4.52 Å². The van der Waals surface area contributed by atoms with Gasteiger partial charge < -0.3 is 14.9 Å². The van der Waals surface area contributed by atoms with Crippen LogP contribution in [0.3, 0.4) is 0 Å². The number of rotatable bonds is 4.